The van der Waals surface area contributed by atoms with Crippen molar-refractivity contribution in [3.8, 4) is 0 Å². The van der Waals surface area contributed by atoms with Crippen molar-refractivity contribution < 1.29 is 5.11 Å². The summed E-state index contributed by atoms with van der Waals surface area (Å²) in [5.74, 6) is 0. The van der Waals surface area contributed by atoms with Crippen molar-refractivity contribution in [1.29, 1.82) is 0 Å². The fourth-order valence-electron chi connectivity index (χ4n) is 1.44. The lowest BCUT2D eigenvalue weighted by molar-refractivity contribution is 0.169. The number of nitrogens with one attached hydrogen (secondary N) is 1. The largest absolute Gasteiger partial charge is 0.395 e. The minimum atomic E-state index is 0.233. The summed E-state index contributed by atoms with van der Waals surface area (Å²) in [4.78, 5) is 0. The van der Waals surface area contributed by atoms with Crippen molar-refractivity contribution in [2.24, 2.45) is 0 Å². The molecule has 0 atom stereocenters. The molecule has 0 spiro atoms. The van der Waals surface area contributed by atoms with Gasteiger partial charge in [-0.25, -0.2) is 5.01 Å². The first-order chi connectivity index (χ1) is 5.43. The summed E-state index contributed by atoms with van der Waals surface area (Å²) >= 11 is 0. The highest BCUT2D eigenvalue weighted by atomic mass is 16.3. The van der Waals surface area contributed by atoms with Crippen LogP contribution in [0.4, 0.5) is 0 Å². The fraction of sp³-hybridized carbons (Fsp3) is 1.00. The molecule has 0 aromatic heterocycles. The molecule has 1 fully saturated rings. The van der Waals surface area contributed by atoms with Gasteiger partial charge < -0.3 is 5.11 Å². The number of hydrazine groups is 1. The lowest BCUT2D eigenvalue weighted by Crippen LogP contribution is -2.40. The Labute approximate surface area is 68.4 Å². The lowest BCUT2D eigenvalue weighted by Gasteiger charge is -2.19. The van der Waals surface area contributed by atoms with Gasteiger partial charge in [0, 0.05) is 19.6 Å². The maximum absolute atomic E-state index is 8.58. The Morgan fingerprint density at radius 3 is 2.27 bits per heavy atom. The molecule has 0 aromatic carbocycles. The molecular formula is C8H18N2O. The van der Waals surface area contributed by atoms with Gasteiger partial charge in [0.1, 0.15) is 0 Å². The van der Waals surface area contributed by atoms with Crippen LogP contribution in [0.3, 0.4) is 0 Å². The van der Waals surface area contributed by atoms with Gasteiger partial charge in [0.25, 0.3) is 0 Å². The second-order valence-electron chi connectivity index (χ2n) is 3.03. The van der Waals surface area contributed by atoms with Crippen molar-refractivity contribution in [3.05, 3.63) is 0 Å². The molecule has 1 heterocycles. The van der Waals surface area contributed by atoms with E-state index in [-0.39, 0.29) is 6.61 Å². The first-order valence-electron chi connectivity index (χ1n) is 4.53. The van der Waals surface area contributed by atoms with Gasteiger partial charge in [-0.05, 0) is 12.8 Å². The minimum Gasteiger partial charge on any atom is -0.395 e. The molecular weight excluding hydrogens is 140 g/mol. The normalized spacial score (nSPS) is 21.5. The summed E-state index contributed by atoms with van der Waals surface area (Å²) in [6.45, 7) is 3.20. The average Bonchev–Trinajstić information content (AvgIpc) is 2.28. The van der Waals surface area contributed by atoms with Gasteiger partial charge in [0.2, 0.25) is 0 Å². The number of nitrogens with zero attached hydrogens (tertiary/aromatic N) is 1. The van der Waals surface area contributed by atoms with Crippen molar-refractivity contribution in [2.75, 3.05) is 26.2 Å². The summed E-state index contributed by atoms with van der Waals surface area (Å²) in [5, 5.41) is 10.8. The Morgan fingerprint density at radius 1 is 1.09 bits per heavy atom. The van der Waals surface area contributed by atoms with E-state index in [1.165, 1.54) is 25.7 Å². The highest BCUT2D eigenvalue weighted by molar-refractivity contribution is 4.59. The molecule has 0 bridgehead atoms. The minimum absolute atomic E-state index is 0.233. The van der Waals surface area contributed by atoms with E-state index in [0.717, 1.165) is 13.1 Å². The highest BCUT2D eigenvalue weighted by Crippen LogP contribution is 2.06. The number of rotatable bonds is 3. The molecule has 2 N–H and O–H groups in total. The third kappa shape index (κ3) is 3.70. The van der Waals surface area contributed by atoms with Crippen molar-refractivity contribution >= 4 is 0 Å². The maximum atomic E-state index is 8.58. The van der Waals surface area contributed by atoms with E-state index >= 15 is 0 Å². The molecule has 0 radical (unpaired) electrons. The van der Waals surface area contributed by atoms with E-state index in [9.17, 15) is 0 Å². The molecule has 3 nitrogen and oxygen atoms in total. The molecule has 11 heavy (non-hydrogen) atoms. The van der Waals surface area contributed by atoms with Gasteiger partial charge in [-0.15, -0.1) is 0 Å². The van der Waals surface area contributed by atoms with E-state index < -0.39 is 0 Å². The molecule has 0 aromatic rings. The molecule has 66 valence electrons. The second-order valence-corrected chi connectivity index (χ2v) is 3.03. The van der Waals surface area contributed by atoms with E-state index in [1.807, 2.05) is 0 Å². The van der Waals surface area contributed by atoms with Gasteiger partial charge in [-0.3, -0.25) is 5.43 Å². The van der Waals surface area contributed by atoms with E-state index in [2.05, 4.69) is 10.4 Å². The standard InChI is InChI=1S/C8H18N2O/c11-8-5-9-10-6-3-1-2-4-7-10/h9,11H,1-8H2. The summed E-state index contributed by atoms with van der Waals surface area (Å²) in [6, 6.07) is 0. The van der Waals surface area contributed by atoms with Crippen LogP contribution in [0.5, 0.6) is 0 Å². The second kappa shape index (κ2) is 5.52. The van der Waals surface area contributed by atoms with Crippen LogP contribution in [0, 0.1) is 0 Å². The molecule has 1 saturated heterocycles. The van der Waals surface area contributed by atoms with Crippen LogP contribution in [0.25, 0.3) is 0 Å². The van der Waals surface area contributed by atoms with Crippen LogP contribution < -0.4 is 5.43 Å². The molecule has 0 aliphatic carbocycles. The fourth-order valence-corrected chi connectivity index (χ4v) is 1.44. The molecule has 3 heteroatoms. The topological polar surface area (TPSA) is 35.5 Å². The maximum Gasteiger partial charge on any atom is 0.0570 e. The predicted octanol–water partition coefficient (Wildman–Crippen LogP) is 0.359. The van der Waals surface area contributed by atoms with Crippen LogP contribution in [0.1, 0.15) is 25.7 Å². The molecule has 1 rings (SSSR count). The van der Waals surface area contributed by atoms with Gasteiger partial charge in [-0.2, -0.15) is 0 Å². The monoisotopic (exact) mass is 158 g/mol. The van der Waals surface area contributed by atoms with Crippen LogP contribution in [-0.4, -0.2) is 36.4 Å². The third-order valence-electron chi connectivity index (χ3n) is 2.05. The first-order valence-corrected chi connectivity index (χ1v) is 4.53. The molecule has 1 aliphatic heterocycles. The Balaban J connectivity index is 2.09. The Hall–Kier alpha value is -0.120. The number of hydrogen-bond donors (Lipinski definition) is 2. The Bertz CT molecular complexity index is 90.1. The van der Waals surface area contributed by atoms with E-state index in [4.69, 9.17) is 5.11 Å². The van der Waals surface area contributed by atoms with Crippen LogP contribution >= 0.6 is 0 Å². The van der Waals surface area contributed by atoms with Crippen LogP contribution in [-0.2, 0) is 0 Å². The number of aliphatic hydroxyl groups excluding tert-OH is 1. The van der Waals surface area contributed by atoms with Crippen molar-refractivity contribution in [3.63, 3.8) is 0 Å². The summed E-state index contributed by atoms with van der Waals surface area (Å²) in [7, 11) is 0. The molecule has 0 amide bonds. The highest BCUT2D eigenvalue weighted by Gasteiger charge is 2.06. The van der Waals surface area contributed by atoms with Crippen LogP contribution in [0.2, 0.25) is 0 Å². The van der Waals surface area contributed by atoms with E-state index in [1.54, 1.807) is 0 Å². The number of aliphatic hydroxyl groups is 1. The predicted molar refractivity (Wildman–Crippen MR) is 45.1 cm³/mol. The lowest BCUT2D eigenvalue weighted by atomic mass is 10.2. The van der Waals surface area contributed by atoms with Gasteiger partial charge in [0.05, 0.1) is 6.61 Å². The van der Waals surface area contributed by atoms with Gasteiger partial charge >= 0.3 is 0 Å². The average molecular weight is 158 g/mol. The smallest absolute Gasteiger partial charge is 0.0570 e. The Kier molecular flexibility index (Phi) is 4.50. The van der Waals surface area contributed by atoms with E-state index in [0.29, 0.717) is 6.54 Å². The van der Waals surface area contributed by atoms with Crippen molar-refractivity contribution in [2.45, 2.75) is 25.7 Å². The zero-order valence-corrected chi connectivity index (χ0v) is 7.05. The molecule has 0 unspecified atom stereocenters. The van der Waals surface area contributed by atoms with Crippen molar-refractivity contribution in [1.82, 2.24) is 10.4 Å². The zero-order valence-electron chi connectivity index (χ0n) is 7.05. The first kappa shape index (κ1) is 8.97. The summed E-state index contributed by atoms with van der Waals surface area (Å²) in [5.41, 5.74) is 3.19. The SMILES string of the molecule is OCCNN1CCCCCC1. The summed E-state index contributed by atoms with van der Waals surface area (Å²) < 4.78 is 0. The molecule has 0 saturated carbocycles. The summed E-state index contributed by atoms with van der Waals surface area (Å²) in [6.07, 6.45) is 5.30. The third-order valence-corrected chi connectivity index (χ3v) is 2.05. The zero-order chi connectivity index (χ0) is 7.94. The van der Waals surface area contributed by atoms with Crippen LogP contribution in [0.15, 0.2) is 0 Å². The van der Waals surface area contributed by atoms with Gasteiger partial charge in [-0.1, -0.05) is 12.8 Å². The number of hydrogen-bond acceptors (Lipinski definition) is 3. The Morgan fingerprint density at radius 2 is 1.73 bits per heavy atom. The van der Waals surface area contributed by atoms with Gasteiger partial charge in [0.15, 0.2) is 0 Å². The quantitative estimate of drug-likeness (QED) is 0.622. The molecule has 1 aliphatic rings.